The summed E-state index contributed by atoms with van der Waals surface area (Å²) in [5.74, 6) is 0.766. The zero-order valence-corrected chi connectivity index (χ0v) is 11.1. The van der Waals surface area contributed by atoms with Crippen molar-refractivity contribution in [2.45, 2.75) is 32.6 Å². The van der Waals surface area contributed by atoms with Crippen LogP contribution >= 0.6 is 0 Å². The lowest BCUT2D eigenvalue weighted by Crippen LogP contribution is -2.32. The van der Waals surface area contributed by atoms with Gasteiger partial charge in [-0.05, 0) is 44.7 Å². The fourth-order valence-electron chi connectivity index (χ4n) is 1.96. The van der Waals surface area contributed by atoms with E-state index in [1.807, 2.05) is 0 Å². The predicted octanol–water partition coefficient (Wildman–Crippen LogP) is 2.69. The molecule has 0 aliphatic carbocycles. The molecule has 0 saturated carbocycles. The van der Waals surface area contributed by atoms with Crippen LogP contribution in [0.1, 0.15) is 11.1 Å². The Balaban J connectivity index is 2.39. The minimum absolute atomic E-state index is 0.120. The number of fused-ring (bicyclic) bond motifs is 1. The van der Waals surface area contributed by atoms with Gasteiger partial charge in [0.05, 0.1) is 0 Å². The van der Waals surface area contributed by atoms with E-state index in [2.05, 4.69) is 25.0 Å². The minimum Gasteiger partial charge on any atom is -0.544 e. The minimum atomic E-state index is -1.62. The standard InChI is InChI=1S/C12H18FNOSi/c1-16(2,3)15-12-5-4-11(13)10-8-14-7-6-9(10)12/h4-5,14H,6-8H2,1-3H3. The number of nitrogens with one attached hydrogen (secondary N) is 1. The van der Waals surface area contributed by atoms with E-state index in [4.69, 9.17) is 4.43 Å². The molecule has 4 heteroatoms. The first-order valence-electron chi connectivity index (χ1n) is 5.67. The van der Waals surface area contributed by atoms with Crippen molar-refractivity contribution in [1.82, 2.24) is 5.32 Å². The highest BCUT2D eigenvalue weighted by Gasteiger charge is 2.22. The van der Waals surface area contributed by atoms with Crippen molar-refractivity contribution in [3.05, 3.63) is 29.1 Å². The molecule has 1 heterocycles. The third-order valence-electron chi connectivity index (χ3n) is 2.60. The van der Waals surface area contributed by atoms with Crippen molar-refractivity contribution < 1.29 is 8.82 Å². The van der Waals surface area contributed by atoms with E-state index in [1.165, 1.54) is 6.07 Å². The Bertz CT molecular complexity index is 401. The van der Waals surface area contributed by atoms with Crippen molar-refractivity contribution in [3.63, 3.8) is 0 Å². The van der Waals surface area contributed by atoms with Crippen LogP contribution in [0.3, 0.4) is 0 Å². The molecule has 0 unspecified atom stereocenters. The van der Waals surface area contributed by atoms with Gasteiger partial charge in [0.25, 0.3) is 0 Å². The molecule has 0 amide bonds. The van der Waals surface area contributed by atoms with Gasteiger partial charge in [-0.15, -0.1) is 0 Å². The maximum Gasteiger partial charge on any atom is 0.242 e. The molecule has 0 aromatic heterocycles. The monoisotopic (exact) mass is 239 g/mol. The molecule has 88 valence electrons. The number of hydrogen-bond acceptors (Lipinski definition) is 2. The third-order valence-corrected chi connectivity index (χ3v) is 3.43. The van der Waals surface area contributed by atoms with Gasteiger partial charge in [0.1, 0.15) is 11.6 Å². The maximum absolute atomic E-state index is 13.6. The van der Waals surface area contributed by atoms with Gasteiger partial charge >= 0.3 is 0 Å². The van der Waals surface area contributed by atoms with Gasteiger partial charge in [-0.2, -0.15) is 0 Å². The molecule has 0 atom stereocenters. The summed E-state index contributed by atoms with van der Waals surface area (Å²) < 4.78 is 19.6. The highest BCUT2D eigenvalue weighted by atomic mass is 28.4. The van der Waals surface area contributed by atoms with Crippen molar-refractivity contribution in [3.8, 4) is 5.75 Å². The average molecular weight is 239 g/mol. The quantitative estimate of drug-likeness (QED) is 0.801. The molecule has 0 saturated heterocycles. The summed E-state index contributed by atoms with van der Waals surface area (Å²) in [5, 5.41) is 3.19. The molecule has 1 N–H and O–H groups in total. The van der Waals surface area contributed by atoms with E-state index in [1.54, 1.807) is 6.07 Å². The van der Waals surface area contributed by atoms with E-state index in [-0.39, 0.29) is 5.82 Å². The highest BCUT2D eigenvalue weighted by Crippen LogP contribution is 2.29. The lowest BCUT2D eigenvalue weighted by Gasteiger charge is -2.26. The van der Waals surface area contributed by atoms with Crippen LogP contribution in [0.25, 0.3) is 0 Å². The second-order valence-electron chi connectivity index (χ2n) is 5.14. The molecule has 16 heavy (non-hydrogen) atoms. The lowest BCUT2D eigenvalue weighted by atomic mass is 9.99. The SMILES string of the molecule is C[Si](C)(C)Oc1ccc(F)c2c1CCNC2. The summed E-state index contributed by atoms with van der Waals surface area (Å²) in [4.78, 5) is 0. The Labute approximate surface area is 96.9 Å². The smallest absolute Gasteiger partial charge is 0.242 e. The summed E-state index contributed by atoms with van der Waals surface area (Å²) in [5.41, 5.74) is 1.84. The van der Waals surface area contributed by atoms with Crippen LogP contribution in [0.2, 0.25) is 19.6 Å². The Morgan fingerprint density at radius 3 is 2.69 bits per heavy atom. The van der Waals surface area contributed by atoms with Gasteiger partial charge in [0.15, 0.2) is 0 Å². The van der Waals surface area contributed by atoms with Crippen molar-refractivity contribution in [2.75, 3.05) is 6.54 Å². The second-order valence-corrected chi connectivity index (χ2v) is 9.57. The molecular weight excluding hydrogens is 221 g/mol. The van der Waals surface area contributed by atoms with E-state index in [0.717, 1.165) is 29.8 Å². The fourth-order valence-corrected chi connectivity index (χ4v) is 2.81. The summed E-state index contributed by atoms with van der Waals surface area (Å²) in [7, 11) is -1.62. The van der Waals surface area contributed by atoms with Gasteiger partial charge in [0.2, 0.25) is 8.32 Å². The van der Waals surface area contributed by atoms with Crippen LogP contribution in [-0.4, -0.2) is 14.9 Å². The van der Waals surface area contributed by atoms with Crippen LogP contribution in [0.4, 0.5) is 4.39 Å². The summed E-state index contributed by atoms with van der Waals surface area (Å²) in [6.45, 7) is 7.94. The molecule has 1 aliphatic heterocycles. The Morgan fingerprint density at radius 1 is 1.25 bits per heavy atom. The van der Waals surface area contributed by atoms with Gasteiger partial charge in [-0.1, -0.05) is 0 Å². The normalized spacial score (nSPS) is 15.8. The van der Waals surface area contributed by atoms with Crippen molar-refractivity contribution in [1.29, 1.82) is 0 Å². The Hall–Kier alpha value is -0.873. The van der Waals surface area contributed by atoms with E-state index >= 15 is 0 Å². The van der Waals surface area contributed by atoms with E-state index in [0.29, 0.717) is 6.54 Å². The van der Waals surface area contributed by atoms with Gasteiger partial charge in [-0.25, -0.2) is 4.39 Å². The maximum atomic E-state index is 13.6. The van der Waals surface area contributed by atoms with Crippen molar-refractivity contribution >= 4 is 8.32 Å². The van der Waals surface area contributed by atoms with E-state index in [9.17, 15) is 4.39 Å². The zero-order valence-electron chi connectivity index (χ0n) is 10.1. The average Bonchev–Trinajstić information content (AvgIpc) is 2.21. The Kier molecular flexibility index (Phi) is 3.03. The Morgan fingerprint density at radius 2 is 2.00 bits per heavy atom. The summed E-state index contributed by atoms with van der Waals surface area (Å²) >= 11 is 0. The molecule has 0 fully saturated rings. The number of benzene rings is 1. The van der Waals surface area contributed by atoms with Crippen LogP contribution in [0.15, 0.2) is 12.1 Å². The van der Waals surface area contributed by atoms with Gasteiger partial charge in [0, 0.05) is 17.7 Å². The molecule has 0 radical (unpaired) electrons. The van der Waals surface area contributed by atoms with E-state index < -0.39 is 8.32 Å². The zero-order chi connectivity index (χ0) is 11.8. The van der Waals surface area contributed by atoms with Crippen LogP contribution < -0.4 is 9.74 Å². The molecule has 2 nitrogen and oxygen atoms in total. The topological polar surface area (TPSA) is 21.3 Å². The van der Waals surface area contributed by atoms with Crippen LogP contribution in [0, 0.1) is 5.82 Å². The molecular formula is C12H18FNOSi. The molecule has 0 bridgehead atoms. The molecule has 2 rings (SSSR count). The first-order valence-corrected chi connectivity index (χ1v) is 9.08. The first kappa shape index (κ1) is 11.6. The second kappa shape index (κ2) is 4.18. The molecule has 1 aromatic carbocycles. The first-order chi connectivity index (χ1) is 7.47. The number of halogens is 1. The molecule has 0 spiro atoms. The summed E-state index contributed by atoms with van der Waals surface area (Å²) in [6, 6.07) is 3.29. The predicted molar refractivity (Wildman–Crippen MR) is 65.8 cm³/mol. The number of rotatable bonds is 2. The van der Waals surface area contributed by atoms with Crippen molar-refractivity contribution in [2.24, 2.45) is 0 Å². The van der Waals surface area contributed by atoms with Gasteiger partial charge < -0.3 is 9.74 Å². The fraction of sp³-hybridized carbons (Fsp3) is 0.500. The lowest BCUT2D eigenvalue weighted by molar-refractivity contribution is 0.515. The molecule has 1 aliphatic rings. The summed E-state index contributed by atoms with van der Waals surface area (Å²) in [6.07, 6.45) is 0.854. The highest BCUT2D eigenvalue weighted by molar-refractivity contribution is 6.70. The molecule has 1 aromatic rings. The van der Waals surface area contributed by atoms with Crippen LogP contribution in [0.5, 0.6) is 5.75 Å². The number of hydrogen-bond donors (Lipinski definition) is 1. The van der Waals surface area contributed by atoms with Gasteiger partial charge in [-0.3, -0.25) is 0 Å². The third kappa shape index (κ3) is 2.44. The largest absolute Gasteiger partial charge is 0.544 e. The van der Waals surface area contributed by atoms with Crippen LogP contribution in [-0.2, 0) is 13.0 Å².